The van der Waals surface area contributed by atoms with Gasteiger partial charge in [-0.25, -0.2) is 9.98 Å². The van der Waals surface area contributed by atoms with Crippen molar-refractivity contribution >= 4 is 40.1 Å². The standard InChI is InChI=1S/C23H25N7S2/c1-29-12-14-30(15-13-29)21-25-20(27-23(28-21)31-18-10-6-3-7-11-18)26-22-24-16-19(32-22)17-8-4-2-5-9-17/h2-11,16,23H,12-15H2,1H3,(H2,24,25,26,27,28). The van der Waals surface area contributed by atoms with Gasteiger partial charge in [0.1, 0.15) is 0 Å². The number of aromatic nitrogens is 1. The van der Waals surface area contributed by atoms with Gasteiger partial charge in [-0.15, -0.1) is 0 Å². The number of hydrogen-bond acceptors (Lipinski definition) is 9. The minimum absolute atomic E-state index is 0.166. The summed E-state index contributed by atoms with van der Waals surface area (Å²) in [6, 6.07) is 20.6. The highest BCUT2D eigenvalue weighted by Crippen LogP contribution is 2.29. The molecule has 1 aromatic heterocycles. The quantitative estimate of drug-likeness (QED) is 0.612. The second-order valence-electron chi connectivity index (χ2n) is 7.63. The summed E-state index contributed by atoms with van der Waals surface area (Å²) in [5.41, 5.74) is 0.995. The molecule has 164 valence electrons. The molecule has 1 unspecified atom stereocenters. The van der Waals surface area contributed by atoms with Crippen LogP contribution in [0.25, 0.3) is 10.4 Å². The first-order valence-corrected chi connectivity index (χ1v) is 12.3. The number of piperazine rings is 1. The van der Waals surface area contributed by atoms with Crippen LogP contribution >= 0.6 is 23.1 Å². The molecule has 3 aromatic rings. The van der Waals surface area contributed by atoms with E-state index in [1.165, 1.54) is 0 Å². The highest BCUT2D eigenvalue weighted by Gasteiger charge is 2.24. The van der Waals surface area contributed by atoms with Crippen molar-refractivity contribution in [1.29, 1.82) is 0 Å². The summed E-state index contributed by atoms with van der Waals surface area (Å²) in [4.78, 5) is 21.1. The molecule has 1 atom stereocenters. The van der Waals surface area contributed by atoms with Gasteiger partial charge in [-0.2, -0.15) is 4.99 Å². The van der Waals surface area contributed by atoms with E-state index in [1.807, 2.05) is 42.6 Å². The van der Waals surface area contributed by atoms with Crippen LogP contribution in [0.5, 0.6) is 0 Å². The van der Waals surface area contributed by atoms with E-state index >= 15 is 0 Å². The normalized spacial score (nSPS) is 19.2. The summed E-state index contributed by atoms with van der Waals surface area (Å²) in [6.45, 7) is 3.86. The number of nitrogens with one attached hydrogen (secondary N) is 2. The summed E-state index contributed by atoms with van der Waals surface area (Å²) < 4.78 is 0. The summed E-state index contributed by atoms with van der Waals surface area (Å²) in [5.74, 6) is 1.45. The van der Waals surface area contributed by atoms with Gasteiger partial charge >= 0.3 is 0 Å². The predicted octanol–water partition coefficient (Wildman–Crippen LogP) is 3.86. The molecule has 0 aliphatic carbocycles. The Morgan fingerprint density at radius 1 is 1.00 bits per heavy atom. The fourth-order valence-electron chi connectivity index (χ4n) is 3.49. The van der Waals surface area contributed by atoms with Gasteiger partial charge in [0.15, 0.2) is 10.6 Å². The van der Waals surface area contributed by atoms with Crippen LogP contribution in [0.1, 0.15) is 0 Å². The summed E-state index contributed by atoms with van der Waals surface area (Å²) in [7, 11) is 2.15. The molecule has 0 saturated carbocycles. The van der Waals surface area contributed by atoms with Gasteiger partial charge in [-0.1, -0.05) is 71.6 Å². The number of rotatable bonds is 4. The molecule has 0 amide bonds. The average molecular weight is 464 g/mol. The smallest absolute Gasteiger partial charge is 0.226 e. The van der Waals surface area contributed by atoms with Gasteiger partial charge < -0.3 is 20.4 Å². The van der Waals surface area contributed by atoms with Crippen molar-refractivity contribution in [3.63, 3.8) is 0 Å². The largest absolute Gasteiger partial charge is 0.338 e. The number of aliphatic imine (C=N–C) groups is 2. The van der Waals surface area contributed by atoms with Crippen molar-refractivity contribution in [2.45, 2.75) is 10.4 Å². The Labute approximate surface area is 196 Å². The fraction of sp³-hybridized carbons (Fsp3) is 0.261. The molecule has 3 heterocycles. The Bertz CT molecular complexity index is 1090. The van der Waals surface area contributed by atoms with Crippen LogP contribution in [-0.2, 0) is 0 Å². The SMILES string of the molecule is CN1CCN(C2=NC(Sc3ccccc3)NC(Nc3ncc(-c4ccccc4)s3)=N2)CC1. The maximum atomic E-state index is 4.90. The molecule has 7 nitrogen and oxygen atoms in total. The van der Waals surface area contributed by atoms with Crippen LogP contribution in [0.15, 0.2) is 81.7 Å². The highest BCUT2D eigenvalue weighted by atomic mass is 32.2. The molecule has 32 heavy (non-hydrogen) atoms. The van der Waals surface area contributed by atoms with Gasteiger partial charge in [0, 0.05) is 37.3 Å². The molecule has 5 rings (SSSR count). The number of thioether (sulfide) groups is 1. The highest BCUT2D eigenvalue weighted by molar-refractivity contribution is 7.99. The molecule has 0 bridgehead atoms. The lowest BCUT2D eigenvalue weighted by Gasteiger charge is -2.35. The Balaban J connectivity index is 1.35. The van der Waals surface area contributed by atoms with E-state index in [0.717, 1.165) is 52.6 Å². The van der Waals surface area contributed by atoms with E-state index < -0.39 is 0 Å². The minimum Gasteiger partial charge on any atom is -0.338 e. The maximum Gasteiger partial charge on any atom is 0.226 e. The molecule has 0 spiro atoms. The number of thiazole rings is 1. The Morgan fingerprint density at radius 3 is 2.47 bits per heavy atom. The fourth-order valence-corrected chi connectivity index (χ4v) is 5.20. The van der Waals surface area contributed by atoms with E-state index in [2.05, 4.69) is 56.7 Å². The van der Waals surface area contributed by atoms with Crippen LogP contribution in [0.3, 0.4) is 0 Å². The number of guanidine groups is 2. The van der Waals surface area contributed by atoms with Crippen LogP contribution in [0.2, 0.25) is 0 Å². The number of nitrogens with zero attached hydrogens (tertiary/aromatic N) is 5. The third-order valence-corrected chi connectivity index (χ3v) is 7.22. The molecular weight excluding hydrogens is 438 g/mol. The second-order valence-corrected chi connectivity index (χ2v) is 9.81. The van der Waals surface area contributed by atoms with E-state index in [1.54, 1.807) is 23.1 Å². The molecule has 0 radical (unpaired) electrons. The maximum absolute atomic E-state index is 4.90. The third-order valence-electron chi connectivity index (χ3n) is 5.27. The van der Waals surface area contributed by atoms with Crippen molar-refractivity contribution in [2.75, 3.05) is 38.5 Å². The topological polar surface area (TPSA) is 68.2 Å². The second kappa shape index (κ2) is 9.72. The first-order chi connectivity index (χ1) is 15.7. The van der Waals surface area contributed by atoms with Crippen molar-refractivity contribution in [2.24, 2.45) is 9.98 Å². The molecule has 1 fully saturated rings. The van der Waals surface area contributed by atoms with Crippen molar-refractivity contribution in [3.05, 3.63) is 66.9 Å². The number of likely N-dealkylation sites (N-methyl/N-ethyl adjacent to an activating group) is 1. The zero-order chi connectivity index (χ0) is 21.8. The Hall–Kier alpha value is -2.88. The summed E-state index contributed by atoms with van der Waals surface area (Å²) in [6.07, 6.45) is 1.90. The Morgan fingerprint density at radius 2 is 1.72 bits per heavy atom. The molecule has 2 aliphatic heterocycles. The molecular formula is C23H25N7S2. The first kappa shape index (κ1) is 21.0. The van der Waals surface area contributed by atoms with Crippen LogP contribution in [-0.4, -0.2) is 65.4 Å². The van der Waals surface area contributed by atoms with Crippen molar-refractivity contribution in [1.82, 2.24) is 20.1 Å². The lowest BCUT2D eigenvalue weighted by atomic mass is 10.2. The molecule has 2 aliphatic rings. The molecule has 1 saturated heterocycles. The molecule has 2 aromatic carbocycles. The molecule has 9 heteroatoms. The van der Waals surface area contributed by atoms with Gasteiger partial charge in [0.05, 0.1) is 4.88 Å². The van der Waals surface area contributed by atoms with Gasteiger partial charge in [0.25, 0.3) is 0 Å². The zero-order valence-electron chi connectivity index (χ0n) is 17.8. The van der Waals surface area contributed by atoms with Crippen LogP contribution < -0.4 is 10.6 Å². The van der Waals surface area contributed by atoms with Crippen molar-refractivity contribution < 1.29 is 0 Å². The van der Waals surface area contributed by atoms with Crippen LogP contribution in [0.4, 0.5) is 5.13 Å². The van der Waals surface area contributed by atoms with E-state index in [0.29, 0.717) is 5.96 Å². The summed E-state index contributed by atoms with van der Waals surface area (Å²) >= 11 is 3.29. The lowest BCUT2D eigenvalue weighted by Crippen LogP contribution is -2.50. The number of anilines is 1. The van der Waals surface area contributed by atoms with Gasteiger partial charge in [-0.05, 0) is 24.7 Å². The average Bonchev–Trinajstić information content (AvgIpc) is 3.29. The van der Waals surface area contributed by atoms with E-state index in [-0.39, 0.29) is 5.50 Å². The lowest BCUT2D eigenvalue weighted by molar-refractivity contribution is 0.213. The van der Waals surface area contributed by atoms with Crippen molar-refractivity contribution in [3.8, 4) is 10.4 Å². The zero-order valence-corrected chi connectivity index (χ0v) is 19.4. The monoisotopic (exact) mass is 463 g/mol. The number of benzene rings is 2. The number of hydrogen-bond donors (Lipinski definition) is 2. The minimum atomic E-state index is -0.166. The van der Waals surface area contributed by atoms with E-state index in [4.69, 9.17) is 9.98 Å². The van der Waals surface area contributed by atoms with Gasteiger partial charge in [0.2, 0.25) is 11.9 Å². The predicted molar refractivity (Wildman–Crippen MR) is 134 cm³/mol. The summed E-state index contributed by atoms with van der Waals surface area (Å²) in [5, 5.41) is 7.60. The van der Waals surface area contributed by atoms with E-state index in [9.17, 15) is 0 Å². The Kier molecular flexibility index (Phi) is 6.38. The third kappa shape index (κ3) is 5.12. The van der Waals surface area contributed by atoms with Crippen LogP contribution in [0, 0.1) is 0 Å². The molecule has 2 N–H and O–H groups in total. The first-order valence-electron chi connectivity index (χ1n) is 10.6. The van der Waals surface area contributed by atoms with Gasteiger partial charge in [-0.3, -0.25) is 0 Å².